The molecule has 3 aromatic carbocycles. The van der Waals surface area contributed by atoms with Gasteiger partial charge in [0.05, 0.1) is 4.75 Å². The number of benzene rings is 3. The summed E-state index contributed by atoms with van der Waals surface area (Å²) in [7, 11) is 1.45. The van der Waals surface area contributed by atoms with Crippen molar-refractivity contribution in [3.63, 3.8) is 0 Å². The van der Waals surface area contributed by atoms with Gasteiger partial charge in [-0.1, -0.05) is 91.0 Å². The molecule has 6 heteroatoms. The molecule has 0 spiro atoms. The van der Waals surface area contributed by atoms with Crippen LogP contribution in [0.4, 0.5) is 0 Å². The van der Waals surface area contributed by atoms with Gasteiger partial charge in [-0.15, -0.1) is 11.8 Å². The van der Waals surface area contributed by atoms with Gasteiger partial charge in [-0.3, -0.25) is 4.79 Å². The van der Waals surface area contributed by atoms with E-state index in [2.05, 4.69) is 36.4 Å². The minimum absolute atomic E-state index is 0. The van der Waals surface area contributed by atoms with Crippen LogP contribution < -0.4 is 0 Å². The number of carbonyl (C=O) groups is 1. The van der Waals surface area contributed by atoms with Crippen molar-refractivity contribution in [2.24, 2.45) is 0 Å². The molecule has 0 radical (unpaired) electrons. The van der Waals surface area contributed by atoms with Gasteiger partial charge in [0.25, 0.3) is 0 Å². The van der Waals surface area contributed by atoms with Crippen LogP contribution in [0.15, 0.2) is 91.0 Å². The van der Waals surface area contributed by atoms with Crippen molar-refractivity contribution in [3.8, 4) is 0 Å². The predicted octanol–water partition coefficient (Wildman–Crippen LogP) is 4.16. The Balaban J connectivity index is 0.00000320. The molecular formula is C24H22FmNO3S-. The molecule has 0 heterocycles. The summed E-state index contributed by atoms with van der Waals surface area (Å²) < 4.78 is -0.624. The summed E-state index contributed by atoms with van der Waals surface area (Å²) in [5.74, 6) is -0.842. The minimum Gasteiger partial charge on any atom is -0.520 e. The van der Waals surface area contributed by atoms with Crippen LogP contribution in [0.2, 0.25) is 0 Å². The van der Waals surface area contributed by atoms with E-state index >= 15 is 0 Å². The predicted molar refractivity (Wildman–Crippen MR) is 117 cm³/mol. The maximum Gasteiger partial charge on any atom is 0.324 e. The van der Waals surface area contributed by atoms with Gasteiger partial charge in [-0.05, 0) is 23.7 Å². The second-order valence-corrected chi connectivity index (χ2v) is 7.88. The molecule has 1 N–H and O–H groups in total. The van der Waals surface area contributed by atoms with Gasteiger partial charge in [0.1, 0.15) is 6.04 Å². The molecule has 0 bridgehead atoms. The maximum atomic E-state index is 11.8. The molecule has 0 aliphatic heterocycles. The van der Waals surface area contributed by atoms with E-state index in [0.29, 0.717) is 0 Å². The van der Waals surface area contributed by atoms with Crippen LogP contribution in [-0.2, 0) is 14.3 Å². The van der Waals surface area contributed by atoms with Gasteiger partial charge >= 0.3 is 5.97 Å². The van der Waals surface area contributed by atoms with Gasteiger partial charge in [0.2, 0.25) is 0 Å². The van der Waals surface area contributed by atoms with E-state index in [-0.39, 0.29) is 5.75 Å². The van der Waals surface area contributed by atoms with Crippen LogP contribution in [-0.4, -0.2) is 41.2 Å². The topological polar surface area (TPSA) is 57.6 Å². The number of hydrogen-bond donors (Lipinski definition) is 1. The van der Waals surface area contributed by atoms with Crippen molar-refractivity contribution >= 4 is 24.1 Å². The minimum atomic E-state index is -1.05. The van der Waals surface area contributed by atoms with E-state index in [0.717, 1.165) is 21.6 Å². The number of carboxylic acids is 1. The van der Waals surface area contributed by atoms with E-state index in [1.54, 1.807) is 6.41 Å². The van der Waals surface area contributed by atoms with E-state index in [1.165, 1.54) is 18.8 Å². The quantitative estimate of drug-likeness (QED) is 0.213. The summed E-state index contributed by atoms with van der Waals surface area (Å²) >= 11 is 1.51. The largest absolute Gasteiger partial charge is 0.520 e. The summed E-state index contributed by atoms with van der Waals surface area (Å²) in [5.41, 5.74) is 3.14. The standard InChI is InChI=1S/C24H22NO3S.Fm/c1-25(18-26)22(23(27)28)17-29-24(19-11-5-2-6-12-19,20-13-7-3-8-14-20)21-15-9-4-10-16-21;/h2-16,22H,17H2,1H3,(H,27,28);/q-1;. The molecule has 0 fully saturated rings. The van der Waals surface area contributed by atoms with Gasteiger partial charge in [-0.25, -0.2) is 0 Å². The molecule has 1 unspecified atom stereocenters. The first-order valence-electron chi connectivity index (χ1n) is 9.23. The van der Waals surface area contributed by atoms with E-state index < -0.39 is 16.8 Å². The Bertz CT molecular complexity index is 842. The fraction of sp³-hybridized carbons (Fsp3) is 0.167. The van der Waals surface area contributed by atoms with Crippen LogP contribution in [0, 0.1) is 0 Å². The van der Waals surface area contributed by atoms with E-state index in [9.17, 15) is 14.7 Å². The summed E-state index contributed by atoms with van der Waals surface area (Å²) in [6, 6.07) is 29.1. The SMILES string of the molecule is CN([C-]=O)C(CSC(c1ccccc1)(c1ccccc1)c1ccccc1)C(=O)O.[Fm]. The summed E-state index contributed by atoms with van der Waals surface area (Å²) in [6.07, 6.45) is 1.69. The van der Waals surface area contributed by atoms with E-state index in [4.69, 9.17) is 0 Å². The third kappa shape index (κ3) is 4.33. The van der Waals surface area contributed by atoms with Gasteiger partial charge < -0.3 is 14.8 Å². The Labute approximate surface area is 175 Å². The number of carbonyl (C=O) groups excluding carboxylic acids is 1. The van der Waals surface area contributed by atoms with Crippen molar-refractivity contribution < 1.29 is 14.7 Å². The average molecular weight is 662 g/mol. The molecular weight excluding hydrogens is 639 g/mol. The zero-order valence-corrected chi connectivity index (χ0v) is 19.6. The number of likely N-dealkylation sites (N-methyl/N-ethyl adjacent to an activating group) is 1. The zero-order valence-electron chi connectivity index (χ0n) is 16.4. The third-order valence-electron chi connectivity index (χ3n) is 4.90. The molecule has 30 heavy (non-hydrogen) atoms. The molecule has 0 aliphatic rings. The Kier molecular flexibility index (Phi) is 7.37. The number of nitrogens with zero attached hydrogens (tertiary/aromatic N) is 1. The maximum absolute atomic E-state index is 11.8. The average Bonchev–Trinajstić information content (AvgIpc) is 2.78. The molecule has 1 amide bonds. The van der Waals surface area contributed by atoms with Crippen molar-refractivity contribution in [1.82, 2.24) is 4.90 Å². The molecule has 0 aromatic heterocycles. The Hall–Kier alpha value is -4.05. The van der Waals surface area contributed by atoms with Crippen LogP contribution in [0.5, 0.6) is 0 Å². The molecule has 3 aromatic rings. The Morgan fingerprint density at radius 1 is 0.900 bits per heavy atom. The molecule has 3 rings (SSSR count). The Morgan fingerprint density at radius 3 is 1.57 bits per heavy atom. The number of rotatable bonds is 9. The smallest absolute Gasteiger partial charge is 0.324 e. The van der Waals surface area contributed by atoms with Gasteiger partial charge in [0.15, 0.2) is 0 Å². The fourth-order valence-electron chi connectivity index (χ4n) is 3.38. The van der Waals surface area contributed by atoms with Crippen LogP contribution in [0.25, 0.3) is 0 Å². The zero-order chi connectivity index (χ0) is 20.7. The first kappa shape index (κ1) is 22.2. The van der Waals surface area contributed by atoms with Crippen molar-refractivity contribution in [3.05, 3.63) is 108 Å². The summed E-state index contributed by atoms with van der Waals surface area (Å²) in [5, 5.41) is 9.65. The van der Waals surface area contributed by atoms with Crippen LogP contribution in [0.3, 0.4) is 0 Å². The number of amides is 1. The van der Waals surface area contributed by atoms with Crippen molar-refractivity contribution in [2.45, 2.75) is 10.8 Å². The molecule has 0 saturated carbocycles. The number of thioether (sulfide) groups is 1. The second-order valence-electron chi connectivity index (χ2n) is 6.65. The first-order chi connectivity index (χ1) is 14.1. The Morgan fingerprint density at radius 2 is 1.27 bits per heavy atom. The fourth-order valence-corrected chi connectivity index (χ4v) is 5.07. The van der Waals surface area contributed by atoms with E-state index in [1.807, 2.05) is 54.6 Å². The number of aliphatic carboxylic acids is 1. The van der Waals surface area contributed by atoms with Crippen LogP contribution in [0.1, 0.15) is 16.7 Å². The third-order valence-corrected chi connectivity index (χ3v) is 6.52. The molecule has 4 nitrogen and oxygen atoms in total. The molecule has 160 valence electrons. The van der Waals surface area contributed by atoms with Crippen LogP contribution >= 0.6 is 11.8 Å². The first-order valence-corrected chi connectivity index (χ1v) is 10.2. The van der Waals surface area contributed by atoms with Gasteiger partial charge in [0, 0.05) is 5.75 Å². The summed E-state index contributed by atoms with van der Waals surface area (Å²) in [4.78, 5) is 24.0. The molecule has 0 saturated heterocycles. The number of carboxylic acid groups (broad SMARTS) is 1. The monoisotopic (exact) mass is 661 g/mol. The second kappa shape index (κ2) is 9.94. The number of hydrogen-bond acceptors (Lipinski definition) is 3. The van der Waals surface area contributed by atoms with Crippen molar-refractivity contribution in [1.29, 1.82) is 0 Å². The van der Waals surface area contributed by atoms with Crippen molar-refractivity contribution in [2.75, 3.05) is 12.8 Å². The summed E-state index contributed by atoms with van der Waals surface area (Å²) in [6.45, 7) is 0. The molecule has 1 atom stereocenters. The van der Waals surface area contributed by atoms with Gasteiger partial charge in [-0.2, -0.15) is 6.41 Å². The normalized spacial score (nSPS) is 11.8. The molecule has 0 aliphatic carbocycles.